The van der Waals surface area contributed by atoms with Gasteiger partial charge in [0.2, 0.25) is 17.7 Å². The number of nitriles is 1. The first-order valence-corrected chi connectivity index (χ1v) is 11.2. The fraction of sp³-hybridized carbons (Fsp3) is 0.542. The molecule has 0 aliphatic rings. The molecular formula is C24H35N5O6. The molecule has 1 rings (SSSR count). The maximum absolute atomic E-state index is 13.6. The summed E-state index contributed by atoms with van der Waals surface area (Å²) in [4.78, 5) is 51.6. The topological polar surface area (TPSA) is 175 Å². The molecule has 0 aliphatic heterocycles. The van der Waals surface area contributed by atoms with E-state index in [1.165, 1.54) is 6.07 Å². The summed E-state index contributed by atoms with van der Waals surface area (Å²) < 4.78 is 5.22. The number of nitrogens with zero attached hydrogens (tertiary/aromatic N) is 2. The summed E-state index contributed by atoms with van der Waals surface area (Å²) in [6.07, 6.45) is -1.35. The average Bonchev–Trinajstić information content (AvgIpc) is 2.71. The molecule has 0 radical (unpaired) electrons. The average molecular weight is 490 g/mol. The number of nitrogens with one attached hydrogen (secondary N) is 2. The molecule has 0 saturated carbocycles. The number of rotatable bonds is 10. The molecule has 2 unspecified atom stereocenters. The molecule has 11 nitrogen and oxygen atoms in total. The van der Waals surface area contributed by atoms with Crippen molar-refractivity contribution < 1.29 is 29.0 Å². The normalized spacial score (nSPS) is 12.7. The zero-order chi connectivity index (χ0) is 26.9. The summed E-state index contributed by atoms with van der Waals surface area (Å²) in [5.41, 5.74) is 4.95. The van der Waals surface area contributed by atoms with Gasteiger partial charge in [-0.3, -0.25) is 14.4 Å². The molecule has 0 saturated heterocycles. The summed E-state index contributed by atoms with van der Waals surface area (Å²) in [5.74, 6) is -2.36. The number of carbonyl (C=O) groups excluding carboxylic acids is 4. The molecule has 0 fully saturated rings. The van der Waals surface area contributed by atoms with E-state index >= 15 is 0 Å². The summed E-state index contributed by atoms with van der Waals surface area (Å²) in [5, 5.41) is 25.3. The Hall–Kier alpha value is -3.81. The van der Waals surface area contributed by atoms with Gasteiger partial charge in [0.25, 0.3) is 0 Å². The van der Waals surface area contributed by atoms with Crippen LogP contribution in [0.2, 0.25) is 0 Å². The zero-order valence-corrected chi connectivity index (χ0v) is 21.0. The summed E-state index contributed by atoms with van der Waals surface area (Å²) >= 11 is 0. The predicted molar refractivity (Wildman–Crippen MR) is 128 cm³/mol. The van der Waals surface area contributed by atoms with Crippen LogP contribution in [0.5, 0.6) is 5.75 Å². The molecule has 1 aromatic carbocycles. The third-order valence-corrected chi connectivity index (χ3v) is 4.75. The number of amides is 4. The van der Waals surface area contributed by atoms with Gasteiger partial charge < -0.3 is 31.1 Å². The third kappa shape index (κ3) is 9.16. The second-order valence-electron chi connectivity index (χ2n) is 9.41. The van der Waals surface area contributed by atoms with Crippen molar-refractivity contribution in [3.63, 3.8) is 0 Å². The SMILES string of the molecule is Cc1cccc(C(C(=O)NC(C)C)N(CC#N)C(=O)C(CCC(N)=O)NC(=O)OC(C)(C)C)c1O. The molecule has 11 heteroatoms. The van der Waals surface area contributed by atoms with E-state index in [1.807, 2.05) is 6.07 Å². The lowest BCUT2D eigenvalue weighted by molar-refractivity contribution is -0.142. The number of nitrogens with two attached hydrogens (primary N) is 1. The number of benzene rings is 1. The van der Waals surface area contributed by atoms with Crippen LogP contribution in [0.1, 0.15) is 64.6 Å². The smallest absolute Gasteiger partial charge is 0.408 e. The van der Waals surface area contributed by atoms with Crippen LogP contribution in [-0.2, 0) is 19.1 Å². The summed E-state index contributed by atoms with van der Waals surface area (Å²) in [6.45, 7) is 9.46. The van der Waals surface area contributed by atoms with Crippen molar-refractivity contribution >= 4 is 23.8 Å². The monoisotopic (exact) mass is 489 g/mol. The number of carbonyl (C=O) groups is 4. The van der Waals surface area contributed by atoms with E-state index in [4.69, 9.17) is 10.5 Å². The standard InChI is InChI=1S/C24H35N5O6/c1-14(2)27-21(32)19(16-9-7-8-15(3)20(16)31)29(13-12-25)22(33)17(10-11-18(26)30)28-23(34)35-24(4,5)6/h7-9,14,17,19,31H,10-11,13H2,1-6H3,(H2,26,30)(H,27,32)(H,28,34). The van der Waals surface area contributed by atoms with Gasteiger partial charge in [-0.25, -0.2) is 4.79 Å². The minimum atomic E-state index is -1.39. The van der Waals surface area contributed by atoms with Crippen LogP contribution >= 0.6 is 0 Å². The van der Waals surface area contributed by atoms with Gasteiger partial charge in [-0.15, -0.1) is 0 Å². The highest BCUT2D eigenvalue weighted by molar-refractivity contribution is 5.93. The number of phenolic OH excluding ortho intramolecular Hbond substituents is 1. The van der Waals surface area contributed by atoms with Gasteiger partial charge in [-0.05, 0) is 53.5 Å². The van der Waals surface area contributed by atoms with E-state index in [-0.39, 0.29) is 30.2 Å². The number of hydrogen-bond donors (Lipinski definition) is 4. The maximum Gasteiger partial charge on any atom is 0.408 e. The Bertz CT molecular complexity index is 980. The van der Waals surface area contributed by atoms with Crippen LogP contribution in [0.4, 0.5) is 4.79 Å². The Morgan fingerprint density at radius 2 is 1.83 bits per heavy atom. The minimum absolute atomic E-state index is 0.109. The first-order chi connectivity index (χ1) is 16.2. The molecule has 1 aromatic rings. The molecule has 2 atom stereocenters. The lowest BCUT2D eigenvalue weighted by Gasteiger charge is -2.33. The highest BCUT2D eigenvalue weighted by Gasteiger charge is 2.37. The second-order valence-corrected chi connectivity index (χ2v) is 9.41. The van der Waals surface area contributed by atoms with Crippen molar-refractivity contribution in [1.82, 2.24) is 15.5 Å². The molecule has 5 N–H and O–H groups in total. The highest BCUT2D eigenvalue weighted by atomic mass is 16.6. The molecular weight excluding hydrogens is 454 g/mol. The number of alkyl carbamates (subject to hydrolysis) is 1. The van der Waals surface area contributed by atoms with E-state index in [9.17, 15) is 29.5 Å². The third-order valence-electron chi connectivity index (χ3n) is 4.75. The molecule has 0 heterocycles. The molecule has 192 valence electrons. The summed E-state index contributed by atoms with van der Waals surface area (Å²) in [6, 6.07) is 3.56. The number of aromatic hydroxyl groups is 1. The van der Waals surface area contributed by atoms with Gasteiger partial charge in [0.05, 0.1) is 6.07 Å². The first-order valence-electron chi connectivity index (χ1n) is 11.2. The van der Waals surface area contributed by atoms with Crippen molar-refractivity contribution in [2.45, 2.75) is 78.1 Å². The molecule has 0 bridgehead atoms. The Labute approximate surface area is 205 Å². The first kappa shape index (κ1) is 29.2. The van der Waals surface area contributed by atoms with Gasteiger partial charge in [-0.1, -0.05) is 18.2 Å². The van der Waals surface area contributed by atoms with Crippen LogP contribution in [0.3, 0.4) is 0 Å². The van der Waals surface area contributed by atoms with Crippen molar-refractivity contribution in [1.29, 1.82) is 5.26 Å². The van der Waals surface area contributed by atoms with Gasteiger partial charge in [0.15, 0.2) is 0 Å². The highest BCUT2D eigenvalue weighted by Crippen LogP contribution is 2.32. The molecule has 4 amide bonds. The number of hydrogen-bond acceptors (Lipinski definition) is 7. The minimum Gasteiger partial charge on any atom is -0.507 e. The predicted octanol–water partition coefficient (Wildman–Crippen LogP) is 1.78. The van der Waals surface area contributed by atoms with Crippen molar-refractivity contribution in [3.8, 4) is 11.8 Å². The maximum atomic E-state index is 13.6. The van der Waals surface area contributed by atoms with Crippen LogP contribution in [0.15, 0.2) is 18.2 Å². The number of aryl methyl sites for hydroxylation is 1. The second kappa shape index (κ2) is 12.6. The van der Waals surface area contributed by atoms with E-state index in [0.717, 1.165) is 4.90 Å². The van der Waals surface area contributed by atoms with E-state index in [2.05, 4.69) is 10.6 Å². The molecule has 0 aliphatic carbocycles. The fourth-order valence-electron chi connectivity index (χ4n) is 3.28. The van der Waals surface area contributed by atoms with E-state index < -0.39 is 48.0 Å². The van der Waals surface area contributed by atoms with Crippen molar-refractivity contribution in [2.24, 2.45) is 5.73 Å². The number of primary amides is 1. The van der Waals surface area contributed by atoms with E-state index in [1.54, 1.807) is 53.7 Å². The summed E-state index contributed by atoms with van der Waals surface area (Å²) in [7, 11) is 0. The van der Waals surface area contributed by atoms with Crippen LogP contribution in [0, 0.1) is 18.3 Å². The zero-order valence-electron chi connectivity index (χ0n) is 21.0. The van der Waals surface area contributed by atoms with Crippen molar-refractivity contribution in [2.75, 3.05) is 6.54 Å². The van der Waals surface area contributed by atoms with Gasteiger partial charge in [0.1, 0.15) is 30.0 Å². The Balaban J connectivity index is 3.52. The molecule has 35 heavy (non-hydrogen) atoms. The van der Waals surface area contributed by atoms with Gasteiger partial charge in [-0.2, -0.15) is 5.26 Å². The Kier molecular flexibility index (Phi) is 10.5. The Morgan fingerprint density at radius 3 is 2.34 bits per heavy atom. The van der Waals surface area contributed by atoms with Crippen LogP contribution < -0.4 is 16.4 Å². The van der Waals surface area contributed by atoms with Crippen molar-refractivity contribution in [3.05, 3.63) is 29.3 Å². The molecule has 0 aromatic heterocycles. The largest absolute Gasteiger partial charge is 0.507 e. The van der Waals surface area contributed by atoms with E-state index in [0.29, 0.717) is 5.56 Å². The van der Waals surface area contributed by atoms with Crippen LogP contribution in [-0.4, -0.2) is 58.1 Å². The quantitative estimate of drug-likeness (QED) is 0.362. The Morgan fingerprint density at radius 1 is 1.20 bits per heavy atom. The number of phenols is 1. The fourth-order valence-corrected chi connectivity index (χ4v) is 3.28. The van der Waals surface area contributed by atoms with Gasteiger partial charge in [0, 0.05) is 18.0 Å². The van der Waals surface area contributed by atoms with Gasteiger partial charge >= 0.3 is 6.09 Å². The lowest BCUT2D eigenvalue weighted by atomic mass is 9.98. The lowest BCUT2D eigenvalue weighted by Crippen LogP contribution is -2.53. The van der Waals surface area contributed by atoms with Crippen LogP contribution in [0.25, 0.3) is 0 Å². The number of ether oxygens (including phenoxy) is 1. The molecule has 0 spiro atoms. The number of para-hydroxylation sites is 1.